The van der Waals surface area contributed by atoms with Crippen LogP contribution in [0.1, 0.15) is 40.0 Å². The Morgan fingerprint density at radius 3 is 2.80 bits per heavy atom. The molecule has 2 heterocycles. The van der Waals surface area contributed by atoms with E-state index in [0.717, 1.165) is 12.8 Å². The molecule has 0 aromatic carbocycles. The first-order valence-electron chi connectivity index (χ1n) is 5.87. The number of rotatable bonds is 1. The molecule has 2 rings (SSSR count). The van der Waals surface area contributed by atoms with Gasteiger partial charge in [-0.2, -0.15) is 0 Å². The molecular formula is C12H20O3. The van der Waals surface area contributed by atoms with Crippen LogP contribution < -0.4 is 0 Å². The fourth-order valence-electron chi connectivity index (χ4n) is 2.50. The van der Waals surface area contributed by atoms with Gasteiger partial charge in [0.2, 0.25) is 0 Å². The molecule has 86 valence electrons. The first-order chi connectivity index (χ1) is 7.04. The van der Waals surface area contributed by atoms with Gasteiger partial charge in [0, 0.05) is 12.8 Å². The van der Waals surface area contributed by atoms with E-state index in [1.165, 1.54) is 0 Å². The van der Waals surface area contributed by atoms with Crippen LogP contribution in [0, 0.1) is 5.92 Å². The zero-order valence-corrected chi connectivity index (χ0v) is 9.79. The number of hydrogen-bond acceptors (Lipinski definition) is 3. The Morgan fingerprint density at radius 2 is 2.13 bits per heavy atom. The summed E-state index contributed by atoms with van der Waals surface area (Å²) in [6, 6.07) is 0. The lowest BCUT2D eigenvalue weighted by atomic mass is 9.92. The molecule has 2 saturated heterocycles. The van der Waals surface area contributed by atoms with Gasteiger partial charge < -0.3 is 9.47 Å². The van der Waals surface area contributed by atoms with Crippen molar-refractivity contribution in [2.24, 2.45) is 5.92 Å². The predicted molar refractivity (Wildman–Crippen MR) is 56.7 cm³/mol. The lowest BCUT2D eigenvalue weighted by molar-refractivity contribution is -0.147. The summed E-state index contributed by atoms with van der Waals surface area (Å²) in [6.07, 6.45) is 2.47. The summed E-state index contributed by atoms with van der Waals surface area (Å²) in [5, 5.41) is 0. The highest BCUT2D eigenvalue weighted by molar-refractivity contribution is 5.88. The van der Waals surface area contributed by atoms with Gasteiger partial charge in [0.25, 0.3) is 0 Å². The predicted octanol–water partition coefficient (Wildman–Crippen LogP) is 1.94. The number of carbonyl (C=O) groups excluding carboxylic acids is 1. The van der Waals surface area contributed by atoms with Gasteiger partial charge in [-0.3, -0.25) is 4.79 Å². The molecule has 0 spiro atoms. The van der Waals surface area contributed by atoms with Gasteiger partial charge in [-0.1, -0.05) is 13.8 Å². The third-order valence-corrected chi connectivity index (χ3v) is 3.69. The molecule has 2 aliphatic rings. The van der Waals surface area contributed by atoms with E-state index in [4.69, 9.17) is 9.47 Å². The molecule has 0 bridgehead atoms. The standard InChI is InChI=1S/C12H20O3/c1-8(2)9-4-5-10(13)12(3)11(15-9)6-7-14-12/h8-9,11H,4-7H2,1-3H3/t9-,11-,12-/m0/s1. The lowest BCUT2D eigenvalue weighted by Gasteiger charge is -2.28. The summed E-state index contributed by atoms with van der Waals surface area (Å²) >= 11 is 0. The second-order valence-corrected chi connectivity index (χ2v) is 5.11. The Balaban J connectivity index is 2.18. The summed E-state index contributed by atoms with van der Waals surface area (Å²) in [4.78, 5) is 12.0. The number of Topliss-reactive ketones (excluding diaryl/α,β-unsaturated/α-hetero) is 1. The smallest absolute Gasteiger partial charge is 0.167 e. The Bertz CT molecular complexity index is 262. The van der Waals surface area contributed by atoms with E-state index in [1.54, 1.807) is 0 Å². The Labute approximate surface area is 91.1 Å². The summed E-state index contributed by atoms with van der Waals surface area (Å²) < 4.78 is 11.6. The molecule has 0 amide bonds. The molecular weight excluding hydrogens is 192 g/mol. The number of carbonyl (C=O) groups is 1. The van der Waals surface area contributed by atoms with Crippen LogP contribution in [0.3, 0.4) is 0 Å². The topological polar surface area (TPSA) is 35.5 Å². The van der Waals surface area contributed by atoms with Crippen LogP contribution in [0.2, 0.25) is 0 Å². The van der Waals surface area contributed by atoms with Gasteiger partial charge in [0.15, 0.2) is 5.78 Å². The average molecular weight is 212 g/mol. The SMILES string of the molecule is CC(C)[C@@H]1CCC(=O)[C@]2(C)OCC[C@@H]2O1. The highest BCUT2D eigenvalue weighted by Crippen LogP contribution is 2.36. The maximum Gasteiger partial charge on any atom is 0.167 e. The Hall–Kier alpha value is -0.410. The van der Waals surface area contributed by atoms with E-state index in [9.17, 15) is 4.79 Å². The highest BCUT2D eigenvalue weighted by Gasteiger charge is 2.49. The van der Waals surface area contributed by atoms with Crippen molar-refractivity contribution < 1.29 is 14.3 Å². The molecule has 2 aliphatic heterocycles. The third-order valence-electron chi connectivity index (χ3n) is 3.69. The Morgan fingerprint density at radius 1 is 1.40 bits per heavy atom. The van der Waals surface area contributed by atoms with Crippen molar-refractivity contribution in [2.45, 2.75) is 57.8 Å². The van der Waals surface area contributed by atoms with Crippen molar-refractivity contribution in [3.05, 3.63) is 0 Å². The van der Waals surface area contributed by atoms with Crippen molar-refractivity contribution in [1.29, 1.82) is 0 Å². The first kappa shape index (κ1) is 11.1. The number of hydrogen-bond donors (Lipinski definition) is 0. The van der Waals surface area contributed by atoms with Crippen molar-refractivity contribution in [3.63, 3.8) is 0 Å². The van der Waals surface area contributed by atoms with Crippen molar-refractivity contribution in [2.75, 3.05) is 6.61 Å². The van der Waals surface area contributed by atoms with Crippen LogP contribution >= 0.6 is 0 Å². The minimum atomic E-state index is -0.663. The quantitative estimate of drug-likeness (QED) is 0.666. The molecule has 0 radical (unpaired) electrons. The van der Waals surface area contributed by atoms with E-state index < -0.39 is 5.60 Å². The second kappa shape index (κ2) is 3.87. The van der Waals surface area contributed by atoms with Crippen LogP contribution in [0.5, 0.6) is 0 Å². The number of ether oxygens (including phenoxy) is 2. The lowest BCUT2D eigenvalue weighted by Crippen LogP contribution is -2.44. The molecule has 3 nitrogen and oxygen atoms in total. The third kappa shape index (κ3) is 1.83. The summed E-state index contributed by atoms with van der Waals surface area (Å²) in [5.74, 6) is 0.689. The van der Waals surface area contributed by atoms with Gasteiger partial charge in [0.1, 0.15) is 5.60 Å². The molecule has 0 N–H and O–H groups in total. The molecule has 15 heavy (non-hydrogen) atoms. The maximum absolute atomic E-state index is 12.0. The van der Waals surface area contributed by atoms with Crippen LogP contribution in [-0.4, -0.2) is 30.2 Å². The zero-order chi connectivity index (χ0) is 11.1. The van der Waals surface area contributed by atoms with Gasteiger partial charge >= 0.3 is 0 Å². The molecule has 3 heteroatoms. The minimum Gasteiger partial charge on any atom is -0.371 e. The van der Waals surface area contributed by atoms with E-state index in [-0.39, 0.29) is 18.0 Å². The summed E-state index contributed by atoms with van der Waals surface area (Å²) in [5.41, 5.74) is -0.663. The number of ketones is 1. The van der Waals surface area contributed by atoms with Crippen LogP contribution in [0.25, 0.3) is 0 Å². The largest absolute Gasteiger partial charge is 0.371 e. The van der Waals surface area contributed by atoms with Crippen molar-refractivity contribution in [3.8, 4) is 0 Å². The van der Waals surface area contributed by atoms with E-state index in [1.807, 2.05) is 6.92 Å². The van der Waals surface area contributed by atoms with E-state index in [2.05, 4.69) is 13.8 Å². The number of fused-ring (bicyclic) bond motifs is 1. The molecule has 2 fully saturated rings. The first-order valence-corrected chi connectivity index (χ1v) is 5.87. The van der Waals surface area contributed by atoms with Gasteiger partial charge in [0.05, 0.1) is 18.8 Å². The van der Waals surface area contributed by atoms with Gasteiger partial charge in [-0.15, -0.1) is 0 Å². The molecule has 0 unspecified atom stereocenters. The fourth-order valence-corrected chi connectivity index (χ4v) is 2.50. The normalized spacial score (nSPS) is 41.7. The molecule has 0 aromatic rings. The van der Waals surface area contributed by atoms with Gasteiger partial charge in [-0.05, 0) is 19.3 Å². The molecule has 3 atom stereocenters. The molecule has 0 saturated carbocycles. The fraction of sp³-hybridized carbons (Fsp3) is 0.917. The highest BCUT2D eigenvalue weighted by atomic mass is 16.6. The van der Waals surface area contributed by atoms with E-state index in [0.29, 0.717) is 18.9 Å². The average Bonchev–Trinajstić information content (AvgIpc) is 2.49. The van der Waals surface area contributed by atoms with Crippen molar-refractivity contribution >= 4 is 5.78 Å². The summed E-state index contributed by atoms with van der Waals surface area (Å²) in [6.45, 7) is 6.83. The van der Waals surface area contributed by atoms with Gasteiger partial charge in [-0.25, -0.2) is 0 Å². The molecule has 0 aliphatic carbocycles. The second-order valence-electron chi connectivity index (χ2n) is 5.11. The monoisotopic (exact) mass is 212 g/mol. The molecule has 0 aromatic heterocycles. The Kier molecular flexibility index (Phi) is 2.86. The zero-order valence-electron chi connectivity index (χ0n) is 9.79. The van der Waals surface area contributed by atoms with E-state index >= 15 is 0 Å². The van der Waals surface area contributed by atoms with Crippen molar-refractivity contribution in [1.82, 2.24) is 0 Å². The van der Waals surface area contributed by atoms with Crippen LogP contribution in [0.4, 0.5) is 0 Å². The minimum absolute atomic E-state index is 0.0279. The van der Waals surface area contributed by atoms with Crippen LogP contribution in [0.15, 0.2) is 0 Å². The van der Waals surface area contributed by atoms with Crippen LogP contribution in [-0.2, 0) is 14.3 Å². The summed E-state index contributed by atoms with van der Waals surface area (Å²) in [7, 11) is 0. The maximum atomic E-state index is 12.0.